The number of fused-ring (bicyclic) bond motifs is 1. The molecule has 34 heavy (non-hydrogen) atoms. The van der Waals surface area contributed by atoms with Crippen molar-refractivity contribution in [3.63, 3.8) is 0 Å². The summed E-state index contributed by atoms with van der Waals surface area (Å²) in [6, 6.07) is 6.21. The predicted molar refractivity (Wildman–Crippen MR) is 110 cm³/mol. The zero-order valence-electron chi connectivity index (χ0n) is 18.1. The molecule has 0 spiro atoms. The van der Waals surface area contributed by atoms with E-state index in [0.29, 0.717) is 0 Å². The lowest BCUT2D eigenvalue weighted by atomic mass is 9.81. The number of pyridine rings is 2. The maximum absolute atomic E-state index is 14.4. The molecule has 3 heterocycles. The SMILES string of the molecule is CO[C@H]1[C@@H](c2ccc(F)c(F)c2C)[C@H](c2cc(=O)c3c(C#N)nccc3[nH]2)O[C@@]1(C)C(F)(F)F. The number of nitriles is 1. The van der Waals surface area contributed by atoms with E-state index in [4.69, 9.17) is 9.47 Å². The number of H-pyrrole nitrogens is 1. The second-order valence-electron chi connectivity index (χ2n) is 8.18. The summed E-state index contributed by atoms with van der Waals surface area (Å²) in [5.74, 6) is -3.62. The Morgan fingerprint density at radius 1 is 1.26 bits per heavy atom. The molecule has 1 aromatic carbocycles. The van der Waals surface area contributed by atoms with Crippen molar-refractivity contribution in [3.8, 4) is 6.07 Å². The van der Waals surface area contributed by atoms with Crippen LogP contribution < -0.4 is 5.43 Å². The number of benzene rings is 1. The quantitative estimate of drug-likeness (QED) is 0.556. The van der Waals surface area contributed by atoms with Crippen molar-refractivity contribution >= 4 is 10.9 Å². The molecular formula is C23H18F5N3O3. The fraction of sp³-hybridized carbons (Fsp3) is 0.348. The van der Waals surface area contributed by atoms with Gasteiger partial charge in [-0.15, -0.1) is 0 Å². The van der Waals surface area contributed by atoms with E-state index < -0.39 is 47.0 Å². The fourth-order valence-electron chi connectivity index (χ4n) is 4.57. The number of methoxy groups -OCH3 is 1. The number of aromatic amines is 1. The number of nitrogens with one attached hydrogen (secondary N) is 1. The summed E-state index contributed by atoms with van der Waals surface area (Å²) in [7, 11) is 1.07. The van der Waals surface area contributed by atoms with Crippen molar-refractivity contribution < 1.29 is 31.4 Å². The molecular weight excluding hydrogens is 461 g/mol. The Morgan fingerprint density at radius 3 is 2.59 bits per heavy atom. The van der Waals surface area contributed by atoms with Crippen LogP contribution in [0, 0.1) is 29.9 Å². The smallest absolute Gasteiger partial charge is 0.377 e. The molecule has 1 N–H and O–H groups in total. The van der Waals surface area contributed by atoms with Crippen molar-refractivity contribution in [2.24, 2.45) is 0 Å². The third-order valence-corrected chi connectivity index (χ3v) is 6.30. The van der Waals surface area contributed by atoms with Gasteiger partial charge in [0.05, 0.1) is 10.9 Å². The van der Waals surface area contributed by atoms with Gasteiger partial charge in [-0.25, -0.2) is 13.8 Å². The highest BCUT2D eigenvalue weighted by Gasteiger charge is 2.67. The van der Waals surface area contributed by atoms with Crippen LogP contribution in [-0.2, 0) is 9.47 Å². The number of nitrogens with zero attached hydrogens (tertiary/aromatic N) is 2. The van der Waals surface area contributed by atoms with Crippen LogP contribution in [0.25, 0.3) is 10.9 Å². The van der Waals surface area contributed by atoms with Gasteiger partial charge in [-0.05, 0) is 37.1 Å². The van der Waals surface area contributed by atoms with Crippen LogP contribution in [0.15, 0.2) is 35.3 Å². The Kier molecular flexibility index (Phi) is 5.70. The van der Waals surface area contributed by atoms with Gasteiger partial charge in [0.2, 0.25) is 0 Å². The van der Waals surface area contributed by atoms with Crippen molar-refractivity contribution in [2.45, 2.75) is 43.8 Å². The highest BCUT2D eigenvalue weighted by Crippen LogP contribution is 2.56. The Hall–Kier alpha value is -3.36. The maximum Gasteiger partial charge on any atom is 0.419 e. The number of hydrogen-bond donors (Lipinski definition) is 1. The molecule has 0 aliphatic carbocycles. The van der Waals surface area contributed by atoms with Crippen molar-refractivity contribution in [2.75, 3.05) is 7.11 Å². The fourth-order valence-corrected chi connectivity index (χ4v) is 4.57. The first-order chi connectivity index (χ1) is 15.9. The number of rotatable bonds is 3. The van der Waals surface area contributed by atoms with Crippen molar-refractivity contribution in [1.29, 1.82) is 5.26 Å². The zero-order valence-corrected chi connectivity index (χ0v) is 18.1. The Labute approximate surface area is 189 Å². The highest BCUT2D eigenvalue weighted by atomic mass is 19.4. The number of alkyl halides is 3. The molecule has 1 fully saturated rings. The summed E-state index contributed by atoms with van der Waals surface area (Å²) in [6.07, 6.45) is -6.74. The van der Waals surface area contributed by atoms with Gasteiger partial charge >= 0.3 is 6.18 Å². The number of ether oxygens (including phenoxy) is 2. The standard InChI is InChI=1S/C23H18F5N3O3/c1-10-11(4-5-12(24)19(10)25)17-20(34-22(2,21(17)33-3)23(26,27)28)14-8-16(32)18-13(31-14)6-7-30-15(18)9-29/h4-8,17,20-21H,1-3H3,(H,31,32)/t17-,20-,21-,22+/m0/s1. The van der Waals surface area contributed by atoms with Crippen molar-refractivity contribution in [3.05, 3.63) is 74.8 Å². The van der Waals surface area contributed by atoms with E-state index in [1.165, 1.54) is 25.3 Å². The number of aromatic nitrogens is 2. The minimum atomic E-state index is -4.90. The van der Waals surface area contributed by atoms with Gasteiger partial charge in [-0.1, -0.05) is 6.07 Å². The minimum Gasteiger partial charge on any atom is -0.377 e. The van der Waals surface area contributed by atoms with E-state index in [1.807, 2.05) is 0 Å². The number of hydrogen-bond acceptors (Lipinski definition) is 5. The molecule has 1 saturated heterocycles. The molecule has 1 aliphatic heterocycles. The van der Waals surface area contributed by atoms with E-state index >= 15 is 0 Å². The van der Waals surface area contributed by atoms with Crippen molar-refractivity contribution in [1.82, 2.24) is 9.97 Å². The van der Waals surface area contributed by atoms with Gasteiger partial charge in [0.1, 0.15) is 18.3 Å². The van der Waals surface area contributed by atoms with Crippen LogP contribution in [0.5, 0.6) is 0 Å². The number of halogens is 5. The third-order valence-electron chi connectivity index (χ3n) is 6.30. The van der Waals surface area contributed by atoms with E-state index in [-0.39, 0.29) is 33.4 Å². The molecule has 0 radical (unpaired) electrons. The molecule has 11 heteroatoms. The summed E-state index contributed by atoms with van der Waals surface area (Å²) in [6.45, 7) is 2.05. The normalized spacial score (nSPS) is 25.0. The Balaban J connectivity index is 1.99. The topological polar surface area (TPSA) is 88.0 Å². The summed E-state index contributed by atoms with van der Waals surface area (Å²) in [5, 5.41) is 9.20. The molecule has 0 unspecified atom stereocenters. The Morgan fingerprint density at radius 2 is 1.97 bits per heavy atom. The first-order valence-electron chi connectivity index (χ1n) is 10.1. The monoisotopic (exact) mass is 479 g/mol. The van der Waals surface area contributed by atoms with Gasteiger partial charge in [-0.3, -0.25) is 4.79 Å². The van der Waals surface area contributed by atoms with E-state index in [9.17, 15) is 32.0 Å². The first-order valence-corrected chi connectivity index (χ1v) is 10.1. The first kappa shape index (κ1) is 23.8. The molecule has 2 aromatic heterocycles. The predicted octanol–water partition coefficient (Wildman–Crippen LogP) is 4.57. The van der Waals surface area contributed by atoms with Crippen LogP contribution in [0.1, 0.15) is 41.5 Å². The lowest BCUT2D eigenvalue weighted by molar-refractivity contribution is -0.286. The molecule has 6 nitrogen and oxygen atoms in total. The van der Waals surface area contributed by atoms with E-state index in [0.717, 1.165) is 26.2 Å². The van der Waals surface area contributed by atoms with Crippen LogP contribution in [0.2, 0.25) is 0 Å². The van der Waals surface area contributed by atoms with Gasteiger partial charge < -0.3 is 14.5 Å². The van der Waals surface area contributed by atoms with Gasteiger partial charge in [0.25, 0.3) is 0 Å². The van der Waals surface area contributed by atoms with Crippen LogP contribution in [0.4, 0.5) is 22.0 Å². The summed E-state index contributed by atoms with van der Waals surface area (Å²) in [4.78, 5) is 19.5. The molecule has 1 aliphatic rings. The largest absolute Gasteiger partial charge is 0.419 e. The van der Waals surface area contributed by atoms with Gasteiger partial charge in [-0.2, -0.15) is 18.4 Å². The summed E-state index contributed by atoms with van der Waals surface area (Å²) < 4.78 is 81.5. The van der Waals surface area contributed by atoms with Crippen LogP contribution >= 0.6 is 0 Å². The Bertz CT molecular complexity index is 1380. The molecule has 178 valence electrons. The second-order valence-corrected chi connectivity index (χ2v) is 8.18. The summed E-state index contributed by atoms with van der Waals surface area (Å²) >= 11 is 0. The second kappa shape index (κ2) is 8.14. The van der Waals surface area contributed by atoms with Crippen LogP contribution in [0.3, 0.4) is 0 Å². The molecule has 0 bridgehead atoms. The molecule has 0 saturated carbocycles. The zero-order chi connectivity index (χ0) is 25.0. The molecule has 0 amide bonds. The van der Waals surface area contributed by atoms with E-state index in [1.54, 1.807) is 6.07 Å². The summed E-state index contributed by atoms with van der Waals surface area (Å²) in [5.41, 5.74) is -3.70. The lowest BCUT2D eigenvalue weighted by Gasteiger charge is -2.33. The maximum atomic E-state index is 14.4. The average Bonchev–Trinajstić information content (AvgIpc) is 3.10. The minimum absolute atomic E-state index is 0.0332. The lowest BCUT2D eigenvalue weighted by Crippen LogP contribution is -2.51. The molecule has 4 atom stereocenters. The molecule has 3 aromatic rings. The highest BCUT2D eigenvalue weighted by molar-refractivity contribution is 5.82. The van der Waals surface area contributed by atoms with E-state index in [2.05, 4.69) is 9.97 Å². The molecule has 4 rings (SSSR count). The van der Waals surface area contributed by atoms with Crippen LogP contribution in [-0.4, -0.2) is 35.0 Å². The van der Waals surface area contributed by atoms with Gasteiger partial charge in [0, 0.05) is 31.0 Å². The van der Waals surface area contributed by atoms with Gasteiger partial charge in [0.15, 0.2) is 28.4 Å². The third kappa shape index (κ3) is 3.45. The average molecular weight is 479 g/mol.